The minimum atomic E-state index is -0.523. The number of para-hydroxylation sites is 1. The van der Waals surface area contributed by atoms with E-state index in [-0.39, 0.29) is 0 Å². The molecule has 0 unspecified atom stereocenters. The van der Waals surface area contributed by atoms with Crippen LogP contribution in [0.2, 0.25) is 5.02 Å². The zero-order valence-electron chi connectivity index (χ0n) is 13.6. The van der Waals surface area contributed by atoms with Gasteiger partial charge in [0, 0.05) is 6.54 Å². The summed E-state index contributed by atoms with van der Waals surface area (Å²) in [6.45, 7) is 4.91. The van der Waals surface area contributed by atoms with Gasteiger partial charge in [-0.3, -0.25) is 9.59 Å². The van der Waals surface area contributed by atoms with E-state index < -0.39 is 11.7 Å². The Balaban J connectivity index is 1.65. The first-order chi connectivity index (χ1) is 11.5. The summed E-state index contributed by atoms with van der Waals surface area (Å²) in [5.41, 5.74) is 3.18. The molecule has 124 valence electrons. The van der Waals surface area contributed by atoms with Crippen molar-refractivity contribution in [2.24, 2.45) is 0 Å². The van der Waals surface area contributed by atoms with Gasteiger partial charge in [0.05, 0.1) is 22.9 Å². The number of carbonyl (C=O) groups is 2. The van der Waals surface area contributed by atoms with Crippen LogP contribution in [-0.2, 0) is 4.79 Å². The number of Topliss-reactive ketones (excluding diaryl/α,β-unsaturated/α-hetero) is 1. The monoisotopic (exact) mass is 343 g/mol. The molecular weight excluding hydrogens is 326 g/mol. The van der Waals surface area contributed by atoms with Crippen LogP contribution in [0.25, 0.3) is 0 Å². The maximum Gasteiger partial charge on any atom is 0.299 e. The van der Waals surface area contributed by atoms with Crippen molar-refractivity contribution in [2.45, 2.75) is 20.3 Å². The summed E-state index contributed by atoms with van der Waals surface area (Å²) in [5.74, 6) is -0.176. The Morgan fingerprint density at radius 1 is 1.08 bits per heavy atom. The molecule has 0 spiro atoms. The van der Waals surface area contributed by atoms with Gasteiger partial charge in [-0.25, -0.2) is 0 Å². The summed E-state index contributed by atoms with van der Waals surface area (Å²) < 4.78 is 5.80. The standard InChI is InChI=1S/C19H18ClNO3/c1-12-6-3-9-16(13(12)2)24-11-5-10-21-17-14(18(22)19(21)23)7-4-8-15(17)20/h3-4,6-9H,5,10-11H2,1-2H3. The van der Waals surface area contributed by atoms with Gasteiger partial charge in [-0.15, -0.1) is 0 Å². The largest absolute Gasteiger partial charge is 0.493 e. The number of nitrogens with zero attached hydrogens (tertiary/aromatic N) is 1. The van der Waals surface area contributed by atoms with Crippen LogP contribution in [0.3, 0.4) is 0 Å². The molecule has 2 aromatic rings. The molecule has 1 heterocycles. The number of fused-ring (bicyclic) bond motifs is 1. The minimum absolute atomic E-state index is 0.378. The zero-order chi connectivity index (χ0) is 17.3. The Hall–Kier alpha value is -2.33. The predicted octanol–water partition coefficient (Wildman–Crippen LogP) is 3.96. The molecule has 1 aliphatic rings. The zero-order valence-corrected chi connectivity index (χ0v) is 14.4. The lowest BCUT2D eigenvalue weighted by molar-refractivity contribution is -0.114. The predicted molar refractivity (Wildman–Crippen MR) is 94.2 cm³/mol. The van der Waals surface area contributed by atoms with Crippen molar-refractivity contribution >= 4 is 29.0 Å². The van der Waals surface area contributed by atoms with Gasteiger partial charge in [0.2, 0.25) is 0 Å². The number of benzene rings is 2. The number of carbonyl (C=O) groups excluding carboxylic acids is 2. The summed E-state index contributed by atoms with van der Waals surface area (Å²) in [6, 6.07) is 10.9. The van der Waals surface area contributed by atoms with E-state index in [1.165, 1.54) is 10.5 Å². The summed E-state index contributed by atoms with van der Waals surface area (Å²) in [7, 11) is 0. The quantitative estimate of drug-likeness (QED) is 0.610. The smallest absolute Gasteiger partial charge is 0.299 e. The molecule has 0 N–H and O–H groups in total. The van der Waals surface area contributed by atoms with Crippen molar-refractivity contribution in [1.82, 2.24) is 0 Å². The highest BCUT2D eigenvalue weighted by molar-refractivity contribution is 6.54. The third-order valence-corrected chi connectivity index (χ3v) is 4.58. The second-order valence-corrected chi connectivity index (χ2v) is 6.23. The number of rotatable bonds is 5. The highest BCUT2D eigenvalue weighted by Gasteiger charge is 2.36. The minimum Gasteiger partial charge on any atom is -0.493 e. The maximum atomic E-state index is 12.2. The molecule has 1 aliphatic heterocycles. The number of aryl methyl sites for hydroxylation is 1. The number of amides is 1. The van der Waals surface area contributed by atoms with Gasteiger partial charge in [-0.05, 0) is 49.6 Å². The average molecular weight is 344 g/mol. The van der Waals surface area contributed by atoms with Gasteiger partial charge in [-0.2, -0.15) is 0 Å². The van der Waals surface area contributed by atoms with Gasteiger partial charge < -0.3 is 9.64 Å². The first kappa shape index (κ1) is 16.5. The van der Waals surface area contributed by atoms with E-state index in [2.05, 4.69) is 0 Å². The van der Waals surface area contributed by atoms with Crippen LogP contribution in [-0.4, -0.2) is 24.8 Å². The number of hydrogen-bond acceptors (Lipinski definition) is 3. The molecule has 0 fully saturated rings. The molecule has 0 aromatic heterocycles. The molecule has 5 heteroatoms. The average Bonchev–Trinajstić information content (AvgIpc) is 2.81. The van der Waals surface area contributed by atoms with Crippen molar-refractivity contribution < 1.29 is 14.3 Å². The van der Waals surface area contributed by atoms with Gasteiger partial charge in [0.15, 0.2) is 0 Å². The lowest BCUT2D eigenvalue weighted by Gasteiger charge is -2.18. The summed E-state index contributed by atoms with van der Waals surface area (Å²) in [6.07, 6.45) is 0.608. The molecule has 1 amide bonds. The van der Waals surface area contributed by atoms with Gasteiger partial charge >= 0.3 is 0 Å². The fourth-order valence-corrected chi connectivity index (χ4v) is 3.09. The fraction of sp³-hybridized carbons (Fsp3) is 0.263. The first-order valence-corrected chi connectivity index (χ1v) is 8.22. The van der Waals surface area contributed by atoms with Crippen LogP contribution in [0.5, 0.6) is 5.75 Å². The second kappa shape index (κ2) is 6.65. The molecule has 0 atom stereocenters. The van der Waals surface area contributed by atoms with Crippen molar-refractivity contribution in [3.8, 4) is 5.75 Å². The molecule has 0 radical (unpaired) electrons. The molecule has 24 heavy (non-hydrogen) atoms. The van der Waals surface area contributed by atoms with Crippen LogP contribution >= 0.6 is 11.6 Å². The number of ether oxygens (including phenoxy) is 1. The number of ketones is 1. The van der Waals surface area contributed by atoms with Gasteiger partial charge in [0.1, 0.15) is 5.75 Å². The SMILES string of the molecule is Cc1cccc(OCCCN2C(=O)C(=O)c3cccc(Cl)c32)c1C. The number of anilines is 1. The van der Waals surface area contributed by atoms with E-state index in [1.807, 2.05) is 32.0 Å². The lowest BCUT2D eigenvalue weighted by Crippen LogP contribution is -2.31. The van der Waals surface area contributed by atoms with E-state index in [1.54, 1.807) is 18.2 Å². The summed E-state index contributed by atoms with van der Waals surface area (Å²) >= 11 is 6.16. The van der Waals surface area contributed by atoms with Gasteiger partial charge in [-0.1, -0.05) is 29.8 Å². The van der Waals surface area contributed by atoms with Crippen LogP contribution in [0.4, 0.5) is 5.69 Å². The molecule has 0 saturated heterocycles. The topological polar surface area (TPSA) is 46.6 Å². The Labute approximate surface area is 146 Å². The molecule has 0 bridgehead atoms. The molecule has 4 nitrogen and oxygen atoms in total. The Bertz CT molecular complexity index is 816. The van der Waals surface area contributed by atoms with E-state index in [0.717, 1.165) is 11.3 Å². The maximum absolute atomic E-state index is 12.2. The highest BCUT2D eigenvalue weighted by Crippen LogP contribution is 2.35. The molecular formula is C19H18ClNO3. The highest BCUT2D eigenvalue weighted by atomic mass is 35.5. The van der Waals surface area contributed by atoms with Crippen molar-refractivity contribution in [3.05, 3.63) is 58.1 Å². The van der Waals surface area contributed by atoms with Gasteiger partial charge in [0.25, 0.3) is 11.7 Å². The third kappa shape index (κ3) is 2.89. The van der Waals surface area contributed by atoms with Crippen LogP contribution in [0, 0.1) is 13.8 Å². The Morgan fingerprint density at radius 3 is 2.62 bits per heavy atom. The molecule has 3 rings (SSSR count). The van der Waals surface area contributed by atoms with E-state index >= 15 is 0 Å². The van der Waals surface area contributed by atoms with Crippen molar-refractivity contribution in [1.29, 1.82) is 0 Å². The van der Waals surface area contributed by atoms with E-state index in [0.29, 0.717) is 35.8 Å². The Kier molecular flexibility index (Phi) is 4.58. The molecule has 0 saturated carbocycles. The first-order valence-electron chi connectivity index (χ1n) is 7.84. The van der Waals surface area contributed by atoms with E-state index in [4.69, 9.17) is 16.3 Å². The normalized spacial score (nSPS) is 13.4. The number of halogens is 1. The van der Waals surface area contributed by atoms with Crippen molar-refractivity contribution in [2.75, 3.05) is 18.1 Å². The second-order valence-electron chi connectivity index (χ2n) is 5.82. The fourth-order valence-electron chi connectivity index (χ4n) is 2.81. The van der Waals surface area contributed by atoms with Crippen LogP contribution in [0.1, 0.15) is 27.9 Å². The molecule has 0 aliphatic carbocycles. The van der Waals surface area contributed by atoms with Crippen LogP contribution < -0.4 is 9.64 Å². The summed E-state index contributed by atoms with van der Waals surface area (Å²) in [5, 5.41) is 0.419. The van der Waals surface area contributed by atoms with Crippen molar-refractivity contribution in [3.63, 3.8) is 0 Å². The molecule has 2 aromatic carbocycles. The third-order valence-electron chi connectivity index (χ3n) is 4.28. The Morgan fingerprint density at radius 2 is 1.83 bits per heavy atom. The number of hydrogen-bond donors (Lipinski definition) is 0. The lowest BCUT2D eigenvalue weighted by atomic mass is 10.1. The summed E-state index contributed by atoms with van der Waals surface area (Å²) in [4.78, 5) is 25.6. The van der Waals surface area contributed by atoms with E-state index in [9.17, 15) is 9.59 Å². The van der Waals surface area contributed by atoms with Crippen LogP contribution in [0.15, 0.2) is 36.4 Å².